The Bertz CT molecular complexity index is 1590. The van der Waals surface area contributed by atoms with Crippen LogP contribution in [-0.4, -0.2) is 118 Å². The lowest BCUT2D eigenvalue weighted by Crippen LogP contribution is -2.46. The number of aliphatic imine (C=N–C) groups is 1. The van der Waals surface area contributed by atoms with E-state index in [-0.39, 0.29) is 55.4 Å². The molecule has 3 amide bonds. The highest BCUT2D eigenvalue weighted by Crippen LogP contribution is 2.25. The Balaban J connectivity index is 1.26. The SMILES string of the molecule is CN(C)c1ccc(/C=C2N=C(/C=C/c3ccc(N(CO)CO)cc3)N(CC(=O)NC3CCC(C(=O)NCCOCCOCCCCCCCl)CC3)C\2=O)cc1. The fourth-order valence-electron chi connectivity index (χ4n) is 6.33. The van der Waals surface area contributed by atoms with E-state index in [1.807, 2.05) is 55.4 Å². The Hall–Kier alpha value is -4.27. The van der Waals surface area contributed by atoms with Gasteiger partial charge >= 0.3 is 0 Å². The molecule has 1 aliphatic heterocycles. The third-order valence-corrected chi connectivity index (χ3v) is 9.84. The first kappa shape index (κ1) is 43.5. The van der Waals surface area contributed by atoms with Crippen molar-refractivity contribution in [1.82, 2.24) is 15.5 Å². The summed E-state index contributed by atoms with van der Waals surface area (Å²) in [6, 6.07) is 14.8. The number of hydrogen-bond acceptors (Lipinski definition) is 10. The molecule has 0 radical (unpaired) electrons. The number of hydrogen-bond donors (Lipinski definition) is 4. The fraction of sp³-hybridized carbons (Fsp3) is 0.512. The van der Waals surface area contributed by atoms with Gasteiger partial charge in [0.1, 0.15) is 31.5 Å². The van der Waals surface area contributed by atoms with Crippen LogP contribution in [0.1, 0.15) is 62.5 Å². The second-order valence-corrected chi connectivity index (χ2v) is 14.2. The number of unbranched alkanes of at least 4 members (excludes halogenated alkanes) is 3. The van der Waals surface area contributed by atoms with Crippen molar-refractivity contribution in [3.8, 4) is 0 Å². The maximum Gasteiger partial charge on any atom is 0.278 e. The molecule has 2 aromatic rings. The van der Waals surface area contributed by atoms with E-state index in [0.717, 1.165) is 49.1 Å². The molecule has 300 valence electrons. The van der Waals surface area contributed by atoms with Gasteiger partial charge in [0.05, 0.1) is 19.8 Å². The molecule has 0 aromatic heterocycles. The third kappa shape index (κ3) is 14.4. The Morgan fingerprint density at radius 1 is 0.855 bits per heavy atom. The molecule has 0 unspecified atom stereocenters. The number of alkyl halides is 1. The van der Waals surface area contributed by atoms with Crippen molar-refractivity contribution in [2.75, 3.05) is 82.8 Å². The van der Waals surface area contributed by atoms with Gasteiger partial charge in [0.2, 0.25) is 11.8 Å². The monoisotopic (exact) mass is 780 g/mol. The molecule has 4 N–H and O–H groups in total. The van der Waals surface area contributed by atoms with Gasteiger partial charge in [0, 0.05) is 56.5 Å². The van der Waals surface area contributed by atoms with E-state index >= 15 is 0 Å². The van der Waals surface area contributed by atoms with Gasteiger partial charge in [-0.1, -0.05) is 43.2 Å². The normalized spacial score (nSPS) is 17.8. The quantitative estimate of drug-likeness (QED) is 0.0557. The highest BCUT2D eigenvalue weighted by atomic mass is 35.5. The summed E-state index contributed by atoms with van der Waals surface area (Å²) in [6.45, 7) is 1.74. The number of nitrogens with zero attached hydrogens (tertiary/aromatic N) is 4. The molecule has 0 atom stereocenters. The molecule has 2 aliphatic rings. The van der Waals surface area contributed by atoms with Crippen LogP contribution >= 0.6 is 11.6 Å². The summed E-state index contributed by atoms with van der Waals surface area (Å²) in [4.78, 5) is 49.2. The Morgan fingerprint density at radius 2 is 1.49 bits per heavy atom. The second kappa shape index (κ2) is 23.6. The molecule has 1 aliphatic carbocycles. The second-order valence-electron chi connectivity index (χ2n) is 13.9. The fourth-order valence-corrected chi connectivity index (χ4v) is 6.52. The van der Waals surface area contributed by atoms with Gasteiger partial charge in [-0.05, 0) is 86.1 Å². The maximum atomic E-state index is 13.7. The lowest BCUT2D eigenvalue weighted by atomic mass is 9.85. The third-order valence-electron chi connectivity index (χ3n) is 9.57. The number of carbonyl (C=O) groups excluding carboxylic acids is 3. The molecule has 1 saturated carbocycles. The summed E-state index contributed by atoms with van der Waals surface area (Å²) in [5.41, 5.74) is 3.50. The number of nitrogens with one attached hydrogen (secondary N) is 2. The summed E-state index contributed by atoms with van der Waals surface area (Å²) in [5, 5.41) is 24.9. The zero-order chi connectivity index (χ0) is 39.4. The van der Waals surface area contributed by atoms with Gasteiger partial charge < -0.3 is 40.1 Å². The predicted molar refractivity (Wildman–Crippen MR) is 218 cm³/mol. The predicted octanol–water partition coefficient (Wildman–Crippen LogP) is 4.38. The van der Waals surface area contributed by atoms with Crippen LogP contribution < -0.4 is 20.4 Å². The van der Waals surface area contributed by atoms with E-state index in [9.17, 15) is 24.6 Å². The number of anilines is 2. The molecule has 0 saturated heterocycles. The van der Waals surface area contributed by atoms with Crippen LogP contribution in [0.4, 0.5) is 11.4 Å². The molecule has 2 aromatic carbocycles. The zero-order valence-corrected chi connectivity index (χ0v) is 32.9. The number of aliphatic hydroxyl groups is 2. The van der Waals surface area contributed by atoms with Gasteiger partial charge in [0.25, 0.3) is 5.91 Å². The van der Waals surface area contributed by atoms with Crippen molar-refractivity contribution in [3.05, 3.63) is 71.4 Å². The molecule has 0 bridgehead atoms. The average molecular weight is 781 g/mol. The number of halogens is 1. The minimum atomic E-state index is -0.380. The lowest BCUT2D eigenvalue weighted by Gasteiger charge is -2.29. The largest absolute Gasteiger partial charge is 0.379 e. The average Bonchev–Trinajstić information content (AvgIpc) is 3.47. The van der Waals surface area contributed by atoms with Gasteiger partial charge in [0.15, 0.2) is 0 Å². The number of aliphatic hydroxyl groups excluding tert-OH is 2. The zero-order valence-electron chi connectivity index (χ0n) is 32.1. The van der Waals surface area contributed by atoms with Crippen molar-refractivity contribution >= 4 is 58.7 Å². The molecule has 4 rings (SSSR count). The van der Waals surface area contributed by atoms with Crippen molar-refractivity contribution < 1.29 is 34.1 Å². The van der Waals surface area contributed by atoms with Crippen molar-refractivity contribution in [1.29, 1.82) is 0 Å². The molecular weight excluding hydrogens is 724 g/mol. The van der Waals surface area contributed by atoms with Crippen LogP contribution in [0, 0.1) is 5.92 Å². The highest BCUT2D eigenvalue weighted by Gasteiger charge is 2.32. The van der Waals surface area contributed by atoms with E-state index in [4.69, 9.17) is 21.1 Å². The van der Waals surface area contributed by atoms with Crippen LogP contribution in [0.2, 0.25) is 0 Å². The van der Waals surface area contributed by atoms with E-state index in [1.54, 1.807) is 30.4 Å². The van der Waals surface area contributed by atoms with Crippen LogP contribution in [0.15, 0.2) is 65.3 Å². The Labute approximate surface area is 330 Å². The van der Waals surface area contributed by atoms with Crippen LogP contribution in [-0.2, 0) is 23.9 Å². The molecule has 1 fully saturated rings. The molecule has 0 spiro atoms. The van der Waals surface area contributed by atoms with Crippen LogP contribution in [0.5, 0.6) is 0 Å². The summed E-state index contributed by atoms with van der Waals surface area (Å²) < 4.78 is 11.2. The Kier molecular flexibility index (Phi) is 18.7. The molecule has 14 heteroatoms. The maximum absolute atomic E-state index is 13.7. The number of benzene rings is 2. The van der Waals surface area contributed by atoms with E-state index in [0.29, 0.717) is 69.5 Å². The van der Waals surface area contributed by atoms with E-state index in [2.05, 4.69) is 15.6 Å². The van der Waals surface area contributed by atoms with E-state index < -0.39 is 0 Å². The van der Waals surface area contributed by atoms with Crippen molar-refractivity contribution in [2.45, 2.75) is 57.4 Å². The smallest absolute Gasteiger partial charge is 0.278 e. The number of amidine groups is 1. The highest BCUT2D eigenvalue weighted by molar-refractivity contribution is 6.19. The van der Waals surface area contributed by atoms with Gasteiger partial charge in [-0.3, -0.25) is 19.3 Å². The summed E-state index contributed by atoms with van der Waals surface area (Å²) >= 11 is 5.69. The topological polar surface area (TPSA) is 156 Å². The number of carbonyl (C=O) groups is 3. The molecule has 1 heterocycles. The van der Waals surface area contributed by atoms with Gasteiger partial charge in [-0.2, -0.15) is 0 Å². The Morgan fingerprint density at radius 3 is 2.15 bits per heavy atom. The minimum absolute atomic E-state index is 0.00121. The summed E-state index contributed by atoms with van der Waals surface area (Å²) in [5.74, 6) is 0.236. The first-order valence-corrected chi connectivity index (χ1v) is 19.7. The number of amides is 3. The first-order chi connectivity index (χ1) is 26.7. The lowest BCUT2D eigenvalue weighted by molar-refractivity contribution is -0.129. The number of rotatable bonds is 23. The number of ether oxygens (including phenoxy) is 2. The van der Waals surface area contributed by atoms with Crippen molar-refractivity contribution in [2.24, 2.45) is 10.9 Å². The van der Waals surface area contributed by atoms with Crippen LogP contribution in [0.3, 0.4) is 0 Å². The first-order valence-electron chi connectivity index (χ1n) is 19.1. The molecule has 55 heavy (non-hydrogen) atoms. The van der Waals surface area contributed by atoms with Crippen molar-refractivity contribution in [3.63, 3.8) is 0 Å². The summed E-state index contributed by atoms with van der Waals surface area (Å²) in [7, 11) is 3.91. The van der Waals surface area contributed by atoms with Gasteiger partial charge in [-0.25, -0.2) is 4.99 Å². The minimum Gasteiger partial charge on any atom is -0.379 e. The molecule has 13 nitrogen and oxygen atoms in total. The summed E-state index contributed by atoms with van der Waals surface area (Å²) in [6.07, 6.45) is 12.1. The van der Waals surface area contributed by atoms with E-state index in [1.165, 1.54) is 9.80 Å². The standard InChI is InChI=1S/C41H57ClN6O7/c1-46(2)35-16-9-32(10-17-35)27-37-41(53)48(38(45-37)20-11-31-7-18-36(19-8-31)47(29-49)30-50)28-39(51)44-34-14-12-33(13-15-34)40(52)43-22-24-55-26-25-54-23-6-4-3-5-21-42/h7-11,16-20,27,33-34,49-50H,3-6,12-15,21-26,28-30H2,1-2H3,(H,43,52)(H,44,51)/b20-11+,37-27-. The molecular formula is C41H57ClN6O7. The van der Waals surface area contributed by atoms with Gasteiger partial charge in [-0.15, -0.1) is 11.6 Å². The van der Waals surface area contributed by atoms with Crippen LogP contribution in [0.25, 0.3) is 12.2 Å².